The van der Waals surface area contributed by atoms with Crippen molar-refractivity contribution in [2.75, 3.05) is 19.6 Å². The van der Waals surface area contributed by atoms with Gasteiger partial charge in [-0.2, -0.15) is 0 Å². The van der Waals surface area contributed by atoms with Gasteiger partial charge in [-0.3, -0.25) is 4.90 Å². The second kappa shape index (κ2) is 6.06. The minimum absolute atomic E-state index is 0.330. The molecule has 1 atom stereocenters. The van der Waals surface area contributed by atoms with Gasteiger partial charge in [-0.05, 0) is 23.0 Å². The maximum absolute atomic E-state index is 3.53. The Morgan fingerprint density at radius 3 is 2.37 bits per heavy atom. The van der Waals surface area contributed by atoms with Crippen LogP contribution in [0.4, 0.5) is 0 Å². The van der Waals surface area contributed by atoms with Crippen LogP contribution < -0.4 is 5.32 Å². The summed E-state index contributed by atoms with van der Waals surface area (Å²) in [6.07, 6.45) is 1.12. The van der Waals surface area contributed by atoms with E-state index < -0.39 is 0 Å². The number of benzene rings is 1. The molecule has 0 aromatic heterocycles. The summed E-state index contributed by atoms with van der Waals surface area (Å²) in [6.45, 7) is 13.7. The zero-order chi connectivity index (χ0) is 13.9. The molecule has 2 nitrogen and oxygen atoms in total. The highest BCUT2D eigenvalue weighted by molar-refractivity contribution is 5.22. The van der Waals surface area contributed by atoms with Crippen molar-refractivity contribution < 1.29 is 0 Å². The lowest BCUT2D eigenvalue weighted by Gasteiger charge is -2.43. The molecule has 1 aliphatic heterocycles. The van der Waals surface area contributed by atoms with E-state index in [1.807, 2.05) is 0 Å². The molecular weight excluding hydrogens is 232 g/mol. The molecule has 19 heavy (non-hydrogen) atoms. The molecule has 106 valence electrons. The zero-order valence-electron chi connectivity index (χ0n) is 12.9. The molecule has 1 aliphatic rings. The van der Waals surface area contributed by atoms with Gasteiger partial charge in [0.25, 0.3) is 0 Å². The monoisotopic (exact) mass is 260 g/mol. The molecule has 0 saturated carbocycles. The first-order valence-corrected chi connectivity index (χ1v) is 7.53. The van der Waals surface area contributed by atoms with E-state index in [-0.39, 0.29) is 0 Å². The summed E-state index contributed by atoms with van der Waals surface area (Å²) in [7, 11) is 0. The molecule has 1 unspecified atom stereocenters. The zero-order valence-corrected chi connectivity index (χ0v) is 12.9. The summed E-state index contributed by atoms with van der Waals surface area (Å²) in [5.74, 6) is 0. The van der Waals surface area contributed by atoms with Crippen LogP contribution >= 0.6 is 0 Å². The molecule has 2 rings (SSSR count). The lowest BCUT2D eigenvalue weighted by molar-refractivity contribution is 0.0689. The van der Waals surface area contributed by atoms with Crippen molar-refractivity contribution in [3.05, 3.63) is 35.4 Å². The van der Waals surface area contributed by atoms with Crippen LogP contribution in [0.1, 0.15) is 38.8 Å². The molecule has 1 fully saturated rings. The smallest absolute Gasteiger partial charge is 0.0273 e. The maximum Gasteiger partial charge on any atom is 0.0273 e. The van der Waals surface area contributed by atoms with E-state index in [9.17, 15) is 0 Å². The first kappa shape index (κ1) is 14.5. The van der Waals surface area contributed by atoms with Crippen LogP contribution in [-0.4, -0.2) is 30.6 Å². The van der Waals surface area contributed by atoms with E-state index in [1.54, 1.807) is 0 Å². The fraction of sp³-hybridized carbons (Fsp3) is 0.647. The van der Waals surface area contributed by atoms with Crippen molar-refractivity contribution in [2.45, 2.75) is 46.7 Å². The Balaban J connectivity index is 2.06. The van der Waals surface area contributed by atoms with E-state index in [1.165, 1.54) is 11.1 Å². The highest BCUT2D eigenvalue weighted by Gasteiger charge is 2.32. The molecule has 0 amide bonds. The Morgan fingerprint density at radius 2 is 1.79 bits per heavy atom. The predicted molar refractivity (Wildman–Crippen MR) is 82.3 cm³/mol. The van der Waals surface area contributed by atoms with Crippen molar-refractivity contribution in [3.63, 3.8) is 0 Å². The molecule has 0 bridgehead atoms. The van der Waals surface area contributed by atoms with Crippen molar-refractivity contribution in [3.8, 4) is 0 Å². The van der Waals surface area contributed by atoms with E-state index in [0.29, 0.717) is 11.5 Å². The third-order valence-corrected chi connectivity index (χ3v) is 4.17. The molecule has 0 aliphatic carbocycles. The van der Waals surface area contributed by atoms with Crippen molar-refractivity contribution >= 4 is 0 Å². The topological polar surface area (TPSA) is 15.3 Å². The van der Waals surface area contributed by atoms with E-state index in [0.717, 1.165) is 32.6 Å². The fourth-order valence-corrected chi connectivity index (χ4v) is 2.90. The summed E-state index contributed by atoms with van der Waals surface area (Å²) < 4.78 is 0. The Morgan fingerprint density at radius 1 is 1.16 bits per heavy atom. The SMILES string of the molecule is CCc1ccc(CN2CCNCC2C(C)(C)C)cc1. The molecule has 1 N–H and O–H groups in total. The van der Waals surface area contributed by atoms with Crippen LogP contribution in [0.15, 0.2) is 24.3 Å². The summed E-state index contributed by atoms with van der Waals surface area (Å²) in [4.78, 5) is 2.64. The predicted octanol–water partition coefficient (Wildman–Crippen LogP) is 3.07. The summed E-state index contributed by atoms with van der Waals surface area (Å²) in [5, 5.41) is 3.53. The van der Waals surface area contributed by atoms with Gasteiger partial charge < -0.3 is 5.32 Å². The van der Waals surface area contributed by atoms with Gasteiger partial charge >= 0.3 is 0 Å². The average Bonchev–Trinajstić information content (AvgIpc) is 2.39. The number of hydrogen-bond acceptors (Lipinski definition) is 2. The Bertz CT molecular complexity index is 389. The van der Waals surface area contributed by atoms with Gasteiger partial charge in [0.05, 0.1) is 0 Å². The largest absolute Gasteiger partial charge is 0.314 e. The van der Waals surface area contributed by atoms with Gasteiger partial charge in [-0.25, -0.2) is 0 Å². The molecule has 0 radical (unpaired) electrons. The number of piperazine rings is 1. The molecule has 2 heteroatoms. The second-order valence-electron chi connectivity index (χ2n) is 6.73. The normalized spacial score (nSPS) is 21.6. The van der Waals surface area contributed by atoms with Gasteiger partial charge in [-0.1, -0.05) is 52.0 Å². The molecule has 1 aromatic carbocycles. The van der Waals surface area contributed by atoms with Crippen LogP contribution in [0.3, 0.4) is 0 Å². The van der Waals surface area contributed by atoms with E-state index >= 15 is 0 Å². The first-order chi connectivity index (χ1) is 9.00. The number of hydrogen-bond donors (Lipinski definition) is 1. The standard InChI is InChI=1S/C17H28N2/c1-5-14-6-8-15(9-7-14)13-19-11-10-18-12-16(19)17(2,3)4/h6-9,16,18H,5,10-13H2,1-4H3. The Kier molecular flexibility index (Phi) is 4.64. The van der Waals surface area contributed by atoms with Gasteiger partial charge in [0.2, 0.25) is 0 Å². The van der Waals surface area contributed by atoms with Crippen molar-refractivity contribution in [1.82, 2.24) is 10.2 Å². The summed E-state index contributed by atoms with van der Waals surface area (Å²) in [6, 6.07) is 9.74. The van der Waals surface area contributed by atoms with E-state index in [4.69, 9.17) is 0 Å². The highest BCUT2D eigenvalue weighted by Crippen LogP contribution is 2.26. The van der Waals surface area contributed by atoms with Crippen LogP contribution in [0, 0.1) is 5.41 Å². The average molecular weight is 260 g/mol. The van der Waals surface area contributed by atoms with Crippen molar-refractivity contribution in [2.24, 2.45) is 5.41 Å². The number of aryl methyl sites for hydroxylation is 1. The third-order valence-electron chi connectivity index (χ3n) is 4.17. The van der Waals surface area contributed by atoms with Gasteiger partial charge in [0, 0.05) is 32.2 Å². The van der Waals surface area contributed by atoms with Gasteiger partial charge in [0.15, 0.2) is 0 Å². The molecule has 1 saturated heterocycles. The minimum atomic E-state index is 0.330. The lowest BCUT2D eigenvalue weighted by Crippen LogP contribution is -2.56. The lowest BCUT2D eigenvalue weighted by atomic mass is 9.84. The summed E-state index contributed by atoms with van der Waals surface area (Å²) in [5.41, 5.74) is 3.20. The Labute approximate surface area is 118 Å². The third kappa shape index (κ3) is 3.80. The van der Waals surface area contributed by atoms with Crippen LogP contribution in [0.25, 0.3) is 0 Å². The first-order valence-electron chi connectivity index (χ1n) is 7.53. The number of nitrogens with one attached hydrogen (secondary N) is 1. The van der Waals surface area contributed by atoms with Gasteiger partial charge in [0.1, 0.15) is 0 Å². The van der Waals surface area contributed by atoms with Crippen LogP contribution in [0.5, 0.6) is 0 Å². The number of nitrogens with zero attached hydrogens (tertiary/aromatic N) is 1. The second-order valence-corrected chi connectivity index (χ2v) is 6.73. The molecule has 0 spiro atoms. The molecule has 1 aromatic rings. The fourth-order valence-electron chi connectivity index (χ4n) is 2.90. The molecule has 1 heterocycles. The quantitative estimate of drug-likeness (QED) is 0.898. The minimum Gasteiger partial charge on any atom is -0.314 e. The van der Waals surface area contributed by atoms with E-state index in [2.05, 4.69) is 62.2 Å². The maximum atomic E-state index is 3.53. The van der Waals surface area contributed by atoms with Crippen LogP contribution in [-0.2, 0) is 13.0 Å². The van der Waals surface area contributed by atoms with Crippen LogP contribution in [0.2, 0.25) is 0 Å². The molecular formula is C17H28N2. The van der Waals surface area contributed by atoms with Gasteiger partial charge in [-0.15, -0.1) is 0 Å². The van der Waals surface area contributed by atoms with Crippen molar-refractivity contribution in [1.29, 1.82) is 0 Å². The summed E-state index contributed by atoms with van der Waals surface area (Å²) >= 11 is 0. The Hall–Kier alpha value is -0.860. The highest BCUT2D eigenvalue weighted by atomic mass is 15.2. The number of rotatable bonds is 3.